The van der Waals surface area contributed by atoms with Gasteiger partial charge in [-0.25, -0.2) is 9.78 Å². The second-order valence-corrected chi connectivity index (χ2v) is 11.1. The maximum absolute atomic E-state index is 12.9. The average Bonchev–Trinajstić information content (AvgIpc) is 3.39. The van der Waals surface area contributed by atoms with Crippen LogP contribution in [0.5, 0.6) is 0 Å². The largest absolute Gasteiger partial charge is 0.444 e. The van der Waals surface area contributed by atoms with Crippen molar-refractivity contribution >= 4 is 36.0 Å². The van der Waals surface area contributed by atoms with Gasteiger partial charge in [-0.05, 0) is 52.4 Å². The van der Waals surface area contributed by atoms with E-state index in [0.29, 0.717) is 18.4 Å². The van der Waals surface area contributed by atoms with Crippen LogP contribution in [-0.4, -0.2) is 65.2 Å². The molecular weight excluding hydrogens is 533 g/mol. The predicted octanol–water partition coefficient (Wildman–Crippen LogP) is 4.78. The molecule has 0 aromatic carbocycles. The third kappa shape index (κ3) is 8.33. The first-order chi connectivity index (χ1) is 15.0. The fourth-order valence-corrected chi connectivity index (χ4v) is 3.89. The summed E-state index contributed by atoms with van der Waals surface area (Å²) in [6, 6.07) is 0.209. The second-order valence-electron chi connectivity index (χ2n) is 11.1. The molecule has 1 amide bonds. The molecule has 1 N–H and O–H groups in total. The summed E-state index contributed by atoms with van der Waals surface area (Å²) in [4.78, 5) is 25.9. The van der Waals surface area contributed by atoms with Gasteiger partial charge in [0, 0.05) is 38.1 Å². The molecule has 0 radical (unpaired) electrons. The minimum atomic E-state index is -0.474. The number of hydrogen-bond acceptors (Lipinski definition) is 5. The molecule has 2 aliphatic rings. The van der Waals surface area contributed by atoms with Crippen LogP contribution >= 0.6 is 24.0 Å². The molecule has 0 atom stereocenters. The van der Waals surface area contributed by atoms with Gasteiger partial charge in [-0.3, -0.25) is 4.99 Å². The van der Waals surface area contributed by atoms with Gasteiger partial charge in [0.1, 0.15) is 11.4 Å². The van der Waals surface area contributed by atoms with Gasteiger partial charge >= 0.3 is 6.09 Å². The molecule has 0 unspecified atom stereocenters. The Balaban J connectivity index is 0.00000385. The Morgan fingerprint density at radius 2 is 1.85 bits per heavy atom. The minimum Gasteiger partial charge on any atom is -0.444 e. The number of aliphatic imine (C=N–C) groups is 1. The molecule has 2 heterocycles. The molecule has 0 spiro atoms. The van der Waals surface area contributed by atoms with Crippen LogP contribution < -0.4 is 5.32 Å². The lowest BCUT2D eigenvalue weighted by Crippen LogP contribution is -2.52. The molecule has 1 saturated heterocycles. The van der Waals surface area contributed by atoms with Crippen molar-refractivity contribution in [1.29, 1.82) is 0 Å². The highest BCUT2D eigenvalue weighted by Gasteiger charge is 2.35. The van der Waals surface area contributed by atoms with Crippen molar-refractivity contribution in [3.05, 3.63) is 17.8 Å². The summed E-state index contributed by atoms with van der Waals surface area (Å²) in [7, 11) is 1.80. The Labute approximate surface area is 215 Å². The van der Waals surface area contributed by atoms with E-state index in [-0.39, 0.29) is 41.5 Å². The summed E-state index contributed by atoms with van der Waals surface area (Å²) in [5.41, 5.74) is -0.534. The molecule has 2 fully saturated rings. The second kappa shape index (κ2) is 11.3. The number of aromatic nitrogens is 1. The van der Waals surface area contributed by atoms with Gasteiger partial charge in [-0.1, -0.05) is 20.8 Å². The number of nitrogens with one attached hydrogen (secondary N) is 1. The number of rotatable bonds is 5. The fourth-order valence-electron chi connectivity index (χ4n) is 3.89. The monoisotopic (exact) mass is 575 g/mol. The zero-order valence-electron chi connectivity index (χ0n) is 21.3. The normalized spacial score (nSPS) is 18.0. The minimum absolute atomic E-state index is 0. The van der Waals surface area contributed by atoms with Crippen molar-refractivity contribution in [2.75, 3.05) is 26.7 Å². The molecule has 8 nitrogen and oxygen atoms in total. The fraction of sp³-hybridized carbons (Fsp3) is 0.792. The molecule has 1 aromatic rings. The molecule has 0 bridgehead atoms. The lowest BCUT2D eigenvalue weighted by molar-refractivity contribution is 0.00927. The van der Waals surface area contributed by atoms with Crippen molar-refractivity contribution in [3.8, 4) is 0 Å². The highest BCUT2D eigenvalue weighted by molar-refractivity contribution is 14.0. The van der Waals surface area contributed by atoms with Crippen LogP contribution in [-0.2, 0) is 16.7 Å². The smallest absolute Gasteiger partial charge is 0.410 e. The topological polar surface area (TPSA) is 83.2 Å². The summed E-state index contributed by atoms with van der Waals surface area (Å²) in [6.45, 7) is 15.1. The Kier molecular flexibility index (Phi) is 9.47. The molecule has 1 aromatic heterocycles. The van der Waals surface area contributed by atoms with Crippen LogP contribution in [0.25, 0.3) is 0 Å². The van der Waals surface area contributed by atoms with Crippen LogP contribution in [0, 0.1) is 5.92 Å². The predicted molar refractivity (Wildman–Crippen MR) is 141 cm³/mol. The standard InChI is InChI=1S/C24H41N5O3.HI/c1-23(2,3)19-14-26-20(31-19)15-27-21(25-7)28-12-10-18(11-13-28)29(16-17-8-9-17)22(30)32-24(4,5)6;/h14,17-18H,8-13,15-16H2,1-7H3,(H,25,27);1H. The molecule has 9 heteroatoms. The number of amides is 1. The first kappa shape index (κ1) is 27.7. The first-order valence-electron chi connectivity index (χ1n) is 11.9. The lowest BCUT2D eigenvalue weighted by Gasteiger charge is -2.40. The summed E-state index contributed by atoms with van der Waals surface area (Å²) in [5.74, 6) is 3.01. The zero-order chi connectivity index (χ0) is 23.5. The van der Waals surface area contributed by atoms with Crippen LogP contribution in [0.1, 0.15) is 78.9 Å². The van der Waals surface area contributed by atoms with E-state index in [2.05, 4.69) is 41.0 Å². The van der Waals surface area contributed by atoms with Gasteiger partial charge in [-0.15, -0.1) is 24.0 Å². The highest BCUT2D eigenvalue weighted by Crippen LogP contribution is 2.32. The Hall–Kier alpha value is -1.52. The van der Waals surface area contributed by atoms with Crippen molar-refractivity contribution < 1.29 is 13.9 Å². The summed E-state index contributed by atoms with van der Waals surface area (Å²) >= 11 is 0. The van der Waals surface area contributed by atoms with Crippen molar-refractivity contribution in [2.45, 2.75) is 90.8 Å². The third-order valence-corrected chi connectivity index (χ3v) is 5.89. The zero-order valence-corrected chi connectivity index (χ0v) is 23.6. The average molecular weight is 576 g/mol. The third-order valence-electron chi connectivity index (χ3n) is 5.89. The van der Waals surface area contributed by atoms with E-state index < -0.39 is 5.60 Å². The highest BCUT2D eigenvalue weighted by atomic mass is 127. The quantitative estimate of drug-likeness (QED) is 0.309. The number of carbonyl (C=O) groups excluding carboxylic acids is 1. The Morgan fingerprint density at radius 1 is 1.21 bits per heavy atom. The van der Waals surface area contributed by atoms with E-state index >= 15 is 0 Å². The van der Waals surface area contributed by atoms with E-state index in [1.807, 2.05) is 25.7 Å². The number of hydrogen-bond donors (Lipinski definition) is 1. The number of oxazole rings is 1. The maximum atomic E-state index is 12.9. The van der Waals surface area contributed by atoms with Crippen LogP contribution in [0.2, 0.25) is 0 Å². The number of carbonyl (C=O) groups is 1. The van der Waals surface area contributed by atoms with E-state index in [4.69, 9.17) is 9.15 Å². The van der Waals surface area contributed by atoms with Crippen LogP contribution in [0.15, 0.2) is 15.6 Å². The summed E-state index contributed by atoms with van der Waals surface area (Å²) in [5, 5.41) is 3.37. The maximum Gasteiger partial charge on any atom is 0.410 e. The van der Waals surface area contributed by atoms with Crippen LogP contribution in [0.4, 0.5) is 4.79 Å². The van der Waals surface area contributed by atoms with E-state index in [1.54, 1.807) is 13.2 Å². The molecule has 1 aliphatic carbocycles. The van der Waals surface area contributed by atoms with Gasteiger partial charge < -0.3 is 24.3 Å². The molecule has 188 valence electrons. The molecule has 33 heavy (non-hydrogen) atoms. The van der Waals surface area contributed by atoms with Gasteiger partial charge in [0.15, 0.2) is 5.96 Å². The van der Waals surface area contributed by atoms with Crippen molar-refractivity contribution in [3.63, 3.8) is 0 Å². The first-order valence-corrected chi connectivity index (χ1v) is 11.9. The summed E-state index contributed by atoms with van der Waals surface area (Å²) in [6.07, 6.45) is 5.86. The summed E-state index contributed by atoms with van der Waals surface area (Å²) < 4.78 is 11.6. The SMILES string of the molecule is CN=C(NCc1ncc(C(C)(C)C)o1)N1CCC(N(CC2CC2)C(=O)OC(C)(C)C)CC1.I. The van der Waals surface area contributed by atoms with Crippen molar-refractivity contribution in [1.82, 2.24) is 20.1 Å². The number of nitrogens with zero attached hydrogens (tertiary/aromatic N) is 4. The van der Waals surface area contributed by atoms with E-state index in [0.717, 1.165) is 44.2 Å². The molecule has 3 rings (SSSR count). The number of piperidine rings is 1. The Morgan fingerprint density at radius 3 is 2.33 bits per heavy atom. The number of halogens is 1. The molecule has 1 aliphatic heterocycles. The Bertz CT molecular complexity index is 800. The van der Waals surface area contributed by atoms with E-state index in [1.165, 1.54) is 12.8 Å². The van der Waals surface area contributed by atoms with Gasteiger partial charge in [0.05, 0.1) is 12.7 Å². The van der Waals surface area contributed by atoms with Crippen LogP contribution in [0.3, 0.4) is 0 Å². The molecular formula is C24H42IN5O3. The van der Waals surface area contributed by atoms with Gasteiger partial charge in [0.2, 0.25) is 5.89 Å². The van der Waals surface area contributed by atoms with Gasteiger partial charge in [-0.2, -0.15) is 0 Å². The lowest BCUT2D eigenvalue weighted by atomic mass is 9.94. The van der Waals surface area contributed by atoms with Crippen molar-refractivity contribution in [2.24, 2.45) is 10.9 Å². The number of guanidine groups is 1. The number of ether oxygens (including phenoxy) is 1. The van der Waals surface area contributed by atoms with E-state index in [9.17, 15) is 4.79 Å². The molecule has 1 saturated carbocycles. The van der Waals surface area contributed by atoms with Gasteiger partial charge in [0.25, 0.3) is 0 Å². The number of likely N-dealkylation sites (tertiary alicyclic amines) is 1.